The van der Waals surface area contributed by atoms with E-state index in [-0.39, 0.29) is 30.0 Å². The molecule has 1 aromatic carbocycles. The number of aryl methyl sites for hydroxylation is 2. The highest BCUT2D eigenvalue weighted by atomic mass is 127. The van der Waals surface area contributed by atoms with Crippen LogP contribution in [0.25, 0.3) is 0 Å². The van der Waals surface area contributed by atoms with E-state index < -0.39 is 0 Å². The summed E-state index contributed by atoms with van der Waals surface area (Å²) in [5.74, 6) is 1.22. The normalized spacial score (nSPS) is 13.6. The van der Waals surface area contributed by atoms with Crippen LogP contribution in [0.1, 0.15) is 56.1 Å². The molecule has 0 saturated heterocycles. The van der Waals surface area contributed by atoms with Crippen molar-refractivity contribution in [3.63, 3.8) is 0 Å². The number of nitrogens with zero attached hydrogens (tertiary/aromatic N) is 3. The van der Waals surface area contributed by atoms with E-state index in [2.05, 4.69) is 78.8 Å². The molecule has 2 rings (SSSR count). The van der Waals surface area contributed by atoms with Gasteiger partial charge in [-0.2, -0.15) is 5.10 Å². The first-order valence-corrected chi connectivity index (χ1v) is 9.57. The molecule has 0 saturated carbocycles. The second-order valence-corrected chi connectivity index (χ2v) is 6.76. The lowest BCUT2D eigenvalue weighted by Crippen LogP contribution is -2.44. The number of hydrogen-bond donors (Lipinski definition) is 2. The molecule has 2 aromatic rings. The standard InChI is InChI=1S/C21H33N5.HI/c1-7-19-18(20(8-2)26(6)25-19)14-23-21(22-5)24-16(4)15(3)17-12-10-9-11-13-17;/h9-13,15-16H,7-8,14H2,1-6H3,(H2,22,23,24);1H. The average molecular weight is 483 g/mol. The van der Waals surface area contributed by atoms with Crippen LogP contribution >= 0.6 is 24.0 Å². The molecule has 0 aliphatic rings. The van der Waals surface area contributed by atoms with Crippen LogP contribution in [0.4, 0.5) is 0 Å². The number of hydrogen-bond acceptors (Lipinski definition) is 2. The molecule has 0 amide bonds. The largest absolute Gasteiger partial charge is 0.353 e. The van der Waals surface area contributed by atoms with Crippen LogP contribution < -0.4 is 10.6 Å². The first kappa shape index (κ1) is 23.5. The highest BCUT2D eigenvalue weighted by Gasteiger charge is 2.17. The Labute approximate surface area is 181 Å². The van der Waals surface area contributed by atoms with Gasteiger partial charge in [0.2, 0.25) is 0 Å². The van der Waals surface area contributed by atoms with Crippen LogP contribution in [-0.4, -0.2) is 28.8 Å². The van der Waals surface area contributed by atoms with Gasteiger partial charge in [-0.1, -0.05) is 51.1 Å². The van der Waals surface area contributed by atoms with Crippen LogP contribution in [0, 0.1) is 0 Å². The van der Waals surface area contributed by atoms with E-state index in [1.807, 2.05) is 18.8 Å². The first-order valence-electron chi connectivity index (χ1n) is 9.57. The van der Waals surface area contributed by atoms with Gasteiger partial charge < -0.3 is 10.6 Å². The summed E-state index contributed by atoms with van der Waals surface area (Å²) in [6.07, 6.45) is 1.92. The molecule has 6 heteroatoms. The Bertz CT molecular complexity index is 724. The van der Waals surface area contributed by atoms with E-state index in [1.165, 1.54) is 16.8 Å². The predicted octanol–water partition coefficient (Wildman–Crippen LogP) is 4.02. The smallest absolute Gasteiger partial charge is 0.191 e. The summed E-state index contributed by atoms with van der Waals surface area (Å²) in [7, 11) is 3.85. The number of aliphatic imine (C=N–C) groups is 1. The Hall–Kier alpha value is -1.57. The molecule has 27 heavy (non-hydrogen) atoms. The maximum absolute atomic E-state index is 4.65. The van der Waals surface area contributed by atoms with E-state index in [9.17, 15) is 0 Å². The summed E-state index contributed by atoms with van der Waals surface area (Å²) in [6.45, 7) is 9.51. The summed E-state index contributed by atoms with van der Waals surface area (Å²) in [5.41, 5.74) is 5.08. The maximum atomic E-state index is 4.65. The zero-order valence-corrected chi connectivity index (χ0v) is 19.7. The molecule has 5 nitrogen and oxygen atoms in total. The van der Waals surface area contributed by atoms with Crippen molar-refractivity contribution in [2.75, 3.05) is 7.05 Å². The Morgan fingerprint density at radius 1 is 1.15 bits per heavy atom. The SMILES string of the molecule is CCc1nn(C)c(CC)c1CNC(=NC)NC(C)C(C)c1ccccc1.I. The molecular weight excluding hydrogens is 449 g/mol. The molecule has 1 heterocycles. The molecule has 0 aliphatic heterocycles. The van der Waals surface area contributed by atoms with Crippen molar-refractivity contribution in [2.24, 2.45) is 12.0 Å². The van der Waals surface area contributed by atoms with Crippen molar-refractivity contribution >= 4 is 29.9 Å². The zero-order chi connectivity index (χ0) is 19.1. The number of benzene rings is 1. The Kier molecular flexibility index (Phi) is 9.83. The number of guanidine groups is 1. The minimum Gasteiger partial charge on any atom is -0.353 e. The third-order valence-corrected chi connectivity index (χ3v) is 5.12. The lowest BCUT2D eigenvalue weighted by Gasteiger charge is -2.24. The fourth-order valence-corrected chi connectivity index (χ4v) is 3.35. The Balaban J connectivity index is 0.00000364. The van der Waals surface area contributed by atoms with Gasteiger partial charge in [0, 0.05) is 43.9 Å². The van der Waals surface area contributed by atoms with Gasteiger partial charge in [0.15, 0.2) is 5.96 Å². The lowest BCUT2D eigenvalue weighted by molar-refractivity contribution is 0.550. The number of rotatable bonds is 7. The van der Waals surface area contributed by atoms with E-state index in [4.69, 9.17) is 0 Å². The number of aromatic nitrogens is 2. The molecule has 2 unspecified atom stereocenters. The van der Waals surface area contributed by atoms with Gasteiger partial charge >= 0.3 is 0 Å². The Morgan fingerprint density at radius 3 is 2.37 bits per heavy atom. The van der Waals surface area contributed by atoms with Crippen molar-refractivity contribution in [1.29, 1.82) is 0 Å². The van der Waals surface area contributed by atoms with Crippen molar-refractivity contribution in [3.05, 3.63) is 52.8 Å². The minimum atomic E-state index is 0. The van der Waals surface area contributed by atoms with Gasteiger partial charge in [-0.3, -0.25) is 9.67 Å². The lowest BCUT2D eigenvalue weighted by atomic mass is 9.94. The fourth-order valence-electron chi connectivity index (χ4n) is 3.35. The topological polar surface area (TPSA) is 54.2 Å². The van der Waals surface area contributed by atoms with Crippen LogP contribution in [0.2, 0.25) is 0 Å². The summed E-state index contributed by atoms with van der Waals surface area (Å²) in [4.78, 5) is 4.40. The summed E-state index contributed by atoms with van der Waals surface area (Å²) < 4.78 is 2.01. The summed E-state index contributed by atoms with van der Waals surface area (Å²) in [5, 5.41) is 11.6. The number of nitrogens with one attached hydrogen (secondary N) is 2. The van der Waals surface area contributed by atoms with E-state index in [0.717, 1.165) is 31.0 Å². The zero-order valence-electron chi connectivity index (χ0n) is 17.4. The number of halogens is 1. The van der Waals surface area contributed by atoms with E-state index >= 15 is 0 Å². The predicted molar refractivity (Wildman–Crippen MR) is 125 cm³/mol. The van der Waals surface area contributed by atoms with E-state index in [0.29, 0.717) is 5.92 Å². The Morgan fingerprint density at radius 2 is 1.81 bits per heavy atom. The van der Waals surface area contributed by atoms with Gasteiger partial charge in [-0.05, 0) is 25.3 Å². The van der Waals surface area contributed by atoms with Crippen molar-refractivity contribution in [1.82, 2.24) is 20.4 Å². The van der Waals surface area contributed by atoms with Gasteiger partial charge in [0.05, 0.1) is 5.69 Å². The summed E-state index contributed by atoms with van der Waals surface area (Å²) >= 11 is 0. The third-order valence-electron chi connectivity index (χ3n) is 5.12. The monoisotopic (exact) mass is 483 g/mol. The van der Waals surface area contributed by atoms with Crippen LogP contribution in [0.3, 0.4) is 0 Å². The maximum Gasteiger partial charge on any atom is 0.191 e. The van der Waals surface area contributed by atoms with Crippen LogP contribution in [0.5, 0.6) is 0 Å². The highest BCUT2D eigenvalue weighted by Crippen LogP contribution is 2.19. The second-order valence-electron chi connectivity index (χ2n) is 6.76. The molecule has 0 bridgehead atoms. The average Bonchev–Trinajstić information content (AvgIpc) is 2.99. The third kappa shape index (κ3) is 5.96. The molecule has 2 atom stereocenters. The van der Waals surface area contributed by atoms with Gasteiger partial charge in [-0.15, -0.1) is 24.0 Å². The molecular formula is C21H34IN5. The molecule has 0 radical (unpaired) electrons. The second kappa shape index (κ2) is 11.3. The molecule has 2 N–H and O–H groups in total. The van der Waals surface area contributed by atoms with Crippen molar-refractivity contribution in [3.8, 4) is 0 Å². The molecule has 0 fully saturated rings. The minimum absolute atomic E-state index is 0. The molecule has 0 aliphatic carbocycles. The van der Waals surface area contributed by atoms with Crippen molar-refractivity contribution in [2.45, 2.75) is 59.0 Å². The van der Waals surface area contributed by atoms with Gasteiger partial charge in [-0.25, -0.2) is 0 Å². The molecule has 1 aromatic heterocycles. The highest BCUT2D eigenvalue weighted by molar-refractivity contribution is 14.0. The molecule has 0 spiro atoms. The van der Waals surface area contributed by atoms with Crippen LogP contribution in [-0.2, 0) is 26.4 Å². The van der Waals surface area contributed by atoms with E-state index in [1.54, 1.807) is 0 Å². The van der Waals surface area contributed by atoms with Crippen LogP contribution in [0.15, 0.2) is 35.3 Å². The quantitative estimate of drug-likeness (QED) is 0.356. The summed E-state index contributed by atoms with van der Waals surface area (Å²) in [6, 6.07) is 10.9. The van der Waals surface area contributed by atoms with Crippen molar-refractivity contribution < 1.29 is 0 Å². The molecule has 150 valence electrons. The fraction of sp³-hybridized carbons (Fsp3) is 0.524. The van der Waals surface area contributed by atoms with Gasteiger partial charge in [0.1, 0.15) is 0 Å². The first-order chi connectivity index (χ1) is 12.5. The van der Waals surface area contributed by atoms with Gasteiger partial charge in [0.25, 0.3) is 0 Å².